The number of hydrogen-bond donors (Lipinski definition) is 2. The van der Waals surface area contributed by atoms with Crippen LogP contribution in [-0.2, 0) is 19.0 Å². The summed E-state index contributed by atoms with van der Waals surface area (Å²) in [6.45, 7) is 7.25. The molecule has 2 unspecified atom stereocenters. The van der Waals surface area contributed by atoms with Crippen molar-refractivity contribution < 1.29 is 19.0 Å². The van der Waals surface area contributed by atoms with Crippen LogP contribution in [0, 0.1) is 0 Å². The quantitative estimate of drug-likeness (QED) is 0.192. The molecule has 0 radical (unpaired) electrons. The van der Waals surface area contributed by atoms with Gasteiger partial charge in [-0.1, -0.05) is 54.6 Å². The van der Waals surface area contributed by atoms with Crippen LogP contribution in [0.3, 0.4) is 0 Å². The van der Waals surface area contributed by atoms with Gasteiger partial charge < -0.3 is 14.2 Å². The van der Waals surface area contributed by atoms with Crippen LogP contribution < -0.4 is 0 Å². The normalized spacial score (nSPS) is 13.3. The molecule has 0 heterocycles. The Morgan fingerprint density at radius 2 is 1.69 bits per heavy atom. The third kappa shape index (κ3) is 16.3. The monoisotopic (exact) mass is 440 g/mol. The minimum atomic E-state index is -0.343. The molecular weight excluding hydrogens is 404 g/mol. The second-order valence-electron chi connectivity index (χ2n) is 6.14. The topological polar surface area (TPSA) is 44.8 Å². The summed E-state index contributed by atoms with van der Waals surface area (Å²) in [5.41, 5.74) is 1.18. The van der Waals surface area contributed by atoms with E-state index >= 15 is 0 Å². The molecule has 29 heavy (non-hydrogen) atoms. The Kier molecular flexibility index (Phi) is 18.0. The molecule has 0 aliphatic rings. The molecule has 6 heteroatoms. The molecular formula is C23H36O4S2. The number of hydrogen-bond acceptors (Lipinski definition) is 6. The van der Waals surface area contributed by atoms with E-state index in [1.807, 2.05) is 39.0 Å². The lowest BCUT2D eigenvalue weighted by molar-refractivity contribution is -0.140. The fraction of sp³-hybridized carbons (Fsp3) is 0.522. The number of methoxy groups -OCH3 is 1. The Morgan fingerprint density at radius 1 is 1.07 bits per heavy atom. The van der Waals surface area contributed by atoms with E-state index < -0.39 is 0 Å². The number of rotatable bonds is 12. The average molecular weight is 441 g/mol. The first kappa shape index (κ1) is 27.8. The molecule has 1 aromatic carbocycles. The highest BCUT2D eigenvalue weighted by Crippen LogP contribution is 2.11. The first-order valence-corrected chi connectivity index (χ1v) is 11.0. The molecule has 0 spiro atoms. The summed E-state index contributed by atoms with van der Waals surface area (Å²) >= 11 is 8.71. The van der Waals surface area contributed by atoms with E-state index in [4.69, 9.17) is 9.47 Å². The molecule has 0 saturated carbocycles. The van der Waals surface area contributed by atoms with Crippen molar-refractivity contribution in [2.45, 2.75) is 56.8 Å². The van der Waals surface area contributed by atoms with Crippen molar-refractivity contribution in [3.8, 4) is 0 Å². The van der Waals surface area contributed by atoms with Gasteiger partial charge in [-0.15, -0.1) is 0 Å². The van der Waals surface area contributed by atoms with Crippen molar-refractivity contribution in [3.05, 3.63) is 54.1 Å². The van der Waals surface area contributed by atoms with Crippen LogP contribution >= 0.6 is 25.3 Å². The fourth-order valence-electron chi connectivity index (χ4n) is 2.24. The van der Waals surface area contributed by atoms with E-state index in [0.717, 1.165) is 26.1 Å². The van der Waals surface area contributed by atoms with Crippen LogP contribution in [0.1, 0.15) is 45.6 Å². The van der Waals surface area contributed by atoms with E-state index in [1.54, 1.807) is 0 Å². The van der Waals surface area contributed by atoms with Gasteiger partial charge in [-0.05, 0) is 45.6 Å². The van der Waals surface area contributed by atoms with E-state index in [9.17, 15) is 4.79 Å². The highest BCUT2D eigenvalue weighted by molar-refractivity contribution is 7.81. The van der Waals surface area contributed by atoms with Crippen molar-refractivity contribution >= 4 is 37.3 Å². The lowest BCUT2D eigenvalue weighted by Gasteiger charge is -2.09. The summed E-state index contributed by atoms with van der Waals surface area (Å²) in [4.78, 5) is 11.2. The number of allylic oxidation sites excluding steroid dienone is 2. The minimum Gasteiger partial charge on any atom is -0.468 e. The van der Waals surface area contributed by atoms with Crippen LogP contribution in [0.5, 0.6) is 0 Å². The summed E-state index contributed by atoms with van der Waals surface area (Å²) in [7, 11) is 1.38. The molecule has 0 bridgehead atoms. The fourth-order valence-corrected chi connectivity index (χ4v) is 2.71. The van der Waals surface area contributed by atoms with Crippen molar-refractivity contribution in [1.29, 1.82) is 0 Å². The van der Waals surface area contributed by atoms with Crippen molar-refractivity contribution in [2.24, 2.45) is 0 Å². The van der Waals surface area contributed by atoms with Gasteiger partial charge in [-0.2, -0.15) is 25.3 Å². The second kappa shape index (κ2) is 18.8. The van der Waals surface area contributed by atoms with E-state index in [0.29, 0.717) is 6.42 Å². The molecule has 1 aromatic rings. The van der Waals surface area contributed by atoms with Crippen molar-refractivity contribution in [3.63, 3.8) is 0 Å². The molecule has 0 fully saturated rings. The number of benzene rings is 1. The lowest BCUT2D eigenvalue weighted by Crippen LogP contribution is -2.15. The Labute approximate surface area is 187 Å². The van der Waals surface area contributed by atoms with Gasteiger partial charge in [0.1, 0.15) is 0 Å². The predicted molar refractivity (Wildman–Crippen MR) is 129 cm³/mol. The van der Waals surface area contributed by atoms with Crippen molar-refractivity contribution in [2.75, 3.05) is 20.3 Å². The maximum absolute atomic E-state index is 11.2. The maximum Gasteiger partial charge on any atom is 0.318 e. The van der Waals surface area contributed by atoms with Crippen LogP contribution in [0.25, 0.3) is 6.08 Å². The third-order valence-electron chi connectivity index (χ3n) is 3.74. The number of ether oxygens (including phenoxy) is 3. The van der Waals surface area contributed by atoms with Crippen LogP contribution in [0.4, 0.5) is 0 Å². The summed E-state index contributed by atoms with van der Waals surface area (Å²) < 4.78 is 14.7. The molecule has 0 saturated heterocycles. The Bertz CT molecular complexity index is 570. The van der Waals surface area contributed by atoms with Gasteiger partial charge in [0.25, 0.3) is 0 Å². The minimum absolute atomic E-state index is 0.0370. The highest BCUT2D eigenvalue weighted by atomic mass is 32.1. The molecule has 0 amide bonds. The van der Waals surface area contributed by atoms with Gasteiger partial charge in [0.2, 0.25) is 0 Å². The number of carbonyl (C=O) groups excluding carboxylic acids is 1. The van der Waals surface area contributed by atoms with Crippen LogP contribution in [0.15, 0.2) is 48.6 Å². The first-order valence-electron chi connectivity index (χ1n) is 9.99. The number of thiol groups is 2. The smallest absolute Gasteiger partial charge is 0.318 e. The molecule has 4 nitrogen and oxygen atoms in total. The largest absolute Gasteiger partial charge is 0.468 e. The van der Waals surface area contributed by atoms with Gasteiger partial charge >= 0.3 is 5.97 Å². The molecule has 0 aromatic heterocycles. The molecule has 164 valence electrons. The zero-order chi connectivity index (χ0) is 21.9. The van der Waals surface area contributed by atoms with Gasteiger partial charge in [-0.25, -0.2) is 0 Å². The maximum atomic E-state index is 11.2. The standard InChI is InChI=1S/C17H22O2S2.C6H14O2/c1-19-17(18)16(21)11-7-3-6-10-15(20)13-12-14-8-4-2-5-9-14;1-4-7-6(3)8-5-2/h2-6,8-9,12-13,15-16,20-21H,7,10-11H2,1H3;6H,4-5H2,1-3H3. The number of esters is 1. The number of carbonyl (C=O) groups is 1. The Balaban J connectivity index is 0.000000828. The molecule has 1 rings (SSSR count). The molecule has 2 atom stereocenters. The van der Waals surface area contributed by atoms with Crippen molar-refractivity contribution in [1.82, 2.24) is 0 Å². The zero-order valence-electron chi connectivity index (χ0n) is 18.0. The van der Waals surface area contributed by atoms with Gasteiger partial charge in [-0.3, -0.25) is 4.79 Å². The van der Waals surface area contributed by atoms with Crippen LogP contribution in [0.2, 0.25) is 0 Å². The van der Waals surface area contributed by atoms with E-state index in [2.05, 4.69) is 66.4 Å². The molecule has 0 aliphatic carbocycles. The third-order valence-corrected chi connectivity index (χ3v) is 4.59. The molecule has 0 aliphatic heterocycles. The Hall–Kier alpha value is -1.21. The second-order valence-corrected chi connectivity index (χ2v) is 7.43. The first-order chi connectivity index (χ1) is 13.9. The Morgan fingerprint density at radius 3 is 2.24 bits per heavy atom. The average Bonchev–Trinajstić information content (AvgIpc) is 2.73. The van der Waals surface area contributed by atoms with E-state index in [1.165, 1.54) is 12.7 Å². The lowest BCUT2D eigenvalue weighted by atomic mass is 10.1. The highest BCUT2D eigenvalue weighted by Gasteiger charge is 2.12. The van der Waals surface area contributed by atoms with Gasteiger partial charge in [0.05, 0.1) is 12.4 Å². The summed E-state index contributed by atoms with van der Waals surface area (Å²) in [6, 6.07) is 10.2. The zero-order valence-corrected chi connectivity index (χ0v) is 19.8. The van der Waals surface area contributed by atoms with Crippen LogP contribution in [-0.4, -0.2) is 43.1 Å². The van der Waals surface area contributed by atoms with Gasteiger partial charge in [0.15, 0.2) is 6.29 Å². The predicted octanol–water partition coefficient (Wildman–Crippen LogP) is 5.60. The van der Waals surface area contributed by atoms with E-state index in [-0.39, 0.29) is 22.8 Å². The SMILES string of the molecule is CCOC(C)OCC.COC(=O)C(S)CCC=CCC(S)C=Cc1ccccc1. The summed E-state index contributed by atoms with van der Waals surface area (Å²) in [6.07, 6.45) is 10.6. The van der Waals surface area contributed by atoms with Gasteiger partial charge in [0, 0.05) is 18.5 Å². The molecule has 0 N–H and O–H groups in total. The summed E-state index contributed by atoms with van der Waals surface area (Å²) in [5.74, 6) is -0.274. The summed E-state index contributed by atoms with van der Waals surface area (Å²) in [5, 5.41) is -0.154.